The molecule has 4 N–H and O–H groups in total. The van der Waals surface area contributed by atoms with Crippen LogP contribution in [0.1, 0.15) is 16.7 Å². The molecule has 0 aliphatic carbocycles. The number of halogens is 5. The van der Waals surface area contributed by atoms with E-state index in [1.165, 1.54) is 12.1 Å². The van der Waals surface area contributed by atoms with Gasteiger partial charge in [0.2, 0.25) is 0 Å². The summed E-state index contributed by atoms with van der Waals surface area (Å²) >= 11 is 0. The van der Waals surface area contributed by atoms with Crippen LogP contribution in [0, 0.1) is 11.6 Å². The van der Waals surface area contributed by atoms with Gasteiger partial charge in [-0.15, -0.1) is 0 Å². The topological polar surface area (TPSA) is 78.8 Å². The van der Waals surface area contributed by atoms with Gasteiger partial charge in [0.1, 0.15) is 17.4 Å². The maximum Gasteiger partial charge on any atom is 0.416 e. The Bertz CT molecular complexity index is 1200. The monoisotopic (exact) mass is 434 g/mol. The van der Waals surface area contributed by atoms with Crippen molar-refractivity contribution in [2.45, 2.75) is 6.18 Å². The Morgan fingerprint density at radius 3 is 2.26 bits per heavy atom. The maximum atomic E-state index is 14.7. The molecule has 3 aromatic carbocycles. The molecular weight excluding hydrogens is 419 g/mol. The van der Waals surface area contributed by atoms with Crippen LogP contribution in [0.4, 0.5) is 22.0 Å². The number of aromatic hydroxyl groups is 1. The largest absolute Gasteiger partial charge is 0.508 e. The fourth-order valence-corrected chi connectivity index (χ4v) is 3.21. The number of rotatable bonds is 4. The van der Waals surface area contributed by atoms with E-state index >= 15 is 0 Å². The average Bonchev–Trinajstić information content (AvgIpc) is 2.71. The predicted molar refractivity (Wildman–Crippen MR) is 106 cm³/mol. The van der Waals surface area contributed by atoms with Crippen LogP contribution in [-0.4, -0.2) is 16.1 Å². The molecule has 0 spiro atoms. The number of hydrogen-bond acceptors (Lipinski definition) is 3. The lowest BCUT2D eigenvalue weighted by molar-refractivity contribution is -0.137. The SMILES string of the molecule is C=Cc1ccc(F)cc1-c1c(/C(N)=N/O)cc(C(F)(F)F)cc1-c1ccc(O)cc1F. The number of nitrogens with two attached hydrogens (primary N) is 1. The quantitative estimate of drug-likeness (QED) is 0.161. The van der Waals surface area contributed by atoms with Crippen LogP contribution >= 0.6 is 0 Å². The summed E-state index contributed by atoms with van der Waals surface area (Å²) in [5.74, 6) is -2.88. The first-order valence-corrected chi connectivity index (χ1v) is 8.71. The highest BCUT2D eigenvalue weighted by atomic mass is 19.4. The lowest BCUT2D eigenvalue weighted by Crippen LogP contribution is -2.17. The summed E-state index contributed by atoms with van der Waals surface area (Å²) in [5, 5.41) is 21.5. The van der Waals surface area contributed by atoms with Gasteiger partial charge in [0.05, 0.1) is 5.56 Å². The van der Waals surface area contributed by atoms with E-state index in [0.717, 1.165) is 30.3 Å². The molecule has 0 atom stereocenters. The van der Waals surface area contributed by atoms with E-state index < -0.39 is 40.5 Å². The summed E-state index contributed by atoms with van der Waals surface area (Å²) < 4.78 is 69.5. The van der Waals surface area contributed by atoms with Crippen LogP contribution in [0.15, 0.2) is 60.3 Å². The molecule has 0 aromatic heterocycles. The van der Waals surface area contributed by atoms with Gasteiger partial charge in [-0.2, -0.15) is 13.2 Å². The van der Waals surface area contributed by atoms with Gasteiger partial charge in [-0.1, -0.05) is 23.9 Å². The first-order valence-electron chi connectivity index (χ1n) is 8.71. The van der Waals surface area contributed by atoms with Crippen LogP contribution in [0.2, 0.25) is 0 Å². The summed E-state index contributed by atoms with van der Waals surface area (Å²) in [5.41, 5.74) is 3.71. The van der Waals surface area contributed by atoms with Crippen molar-refractivity contribution in [1.82, 2.24) is 0 Å². The first kappa shape index (κ1) is 21.8. The molecule has 0 amide bonds. The minimum atomic E-state index is -4.85. The Morgan fingerprint density at radius 2 is 1.68 bits per heavy atom. The zero-order chi connectivity index (χ0) is 22.9. The second kappa shape index (κ2) is 8.10. The van der Waals surface area contributed by atoms with Crippen molar-refractivity contribution in [2.24, 2.45) is 10.9 Å². The van der Waals surface area contributed by atoms with Gasteiger partial charge in [-0.05, 0) is 53.1 Å². The summed E-state index contributed by atoms with van der Waals surface area (Å²) in [4.78, 5) is 0. The van der Waals surface area contributed by atoms with E-state index in [1.807, 2.05) is 0 Å². The average molecular weight is 434 g/mol. The molecule has 0 unspecified atom stereocenters. The minimum Gasteiger partial charge on any atom is -0.508 e. The molecule has 0 saturated heterocycles. The third-order valence-corrected chi connectivity index (χ3v) is 4.60. The highest BCUT2D eigenvalue weighted by Crippen LogP contribution is 2.43. The molecular formula is C22H15F5N2O2. The van der Waals surface area contributed by atoms with Gasteiger partial charge in [0, 0.05) is 22.8 Å². The molecule has 9 heteroatoms. The second-order valence-electron chi connectivity index (χ2n) is 6.53. The molecule has 3 rings (SSSR count). The normalized spacial score (nSPS) is 12.1. The van der Waals surface area contributed by atoms with Gasteiger partial charge in [0.25, 0.3) is 0 Å². The van der Waals surface area contributed by atoms with Crippen LogP contribution in [0.3, 0.4) is 0 Å². The third-order valence-electron chi connectivity index (χ3n) is 4.60. The highest BCUT2D eigenvalue weighted by molar-refractivity contribution is 6.08. The number of phenols is 1. The van der Waals surface area contributed by atoms with Crippen molar-refractivity contribution < 1.29 is 32.3 Å². The lowest BCUT2D eigenvalue weighted by atomic mass is 9.85. The molecule has 4 nitrogen and oxygen atoms in total. The number of nitrogens with zero attached hydrogens (tertiary/aromatic N) is 1. The van der Waals surface area contributed by atoms with Gasteiger partial charge >= 0.3 is 6.18 Å². The molecule has 31 heavy (non-hydrogen) atoms. The van der Waals surface area contributed by atoms with Crippen molar-refractivity contribution >= 4 is 11.9 Å². The Labute approximate surface area is 173 Å². The Hall–Kier alpha value is -3.88. The van der Waals surface area contributed by atoms with Gasteiger partial charge in [-0.25, -0.2) is 8.78 Å². The third kappa shape index (κ3) is 4.20. The first-order chi connectivity index (χ1) is 14.6. The van der Waals surface area contributed by atoms with Gasteiger partial charge < -0.3 is 16.0 Å². The van der Waals surface area contributed by atoms with E-state index in [1.54, 1.807) is 0 Å². The van der Waals surface area contributed by atoms with Gasteiger partial charge in [-0.3, -0.25) is 0 Å². The van der Waals surface area contributed by atoms with Crippen LogP contribution in [0.5, 0.6) is 5.75 Å². The van der Waals surface area contributed by atoms with Crippen LogP contribution < -0.4 is 5.73 Å². The number of phenolic OH excluding ortho intramolecular Hbond substituents is 1. The van der Waals surface area contributed by atoms with Gasteiger partial charge in [0.15, 0.2) is 5.84 Å². The standard InChI is InChI=1S/C22H15F5N2O2/c1-2-11-3-4-13(23)9-16(11)20-17(15-6-5-14(30)10-19(15)24)7-12(22(25,26)27)8-18(20)21(28)29-31/h2-10,30-31H,1H2,(H2,28,29). The van der Waals surface area contributed by atoms with Crippen molar-refractivity contribution in [3.8, 4) is 28.0 Å². The van der Waals surface area contributed by atoms with E-state index in [9.17, 15) is 27.1 Å². The zero-order valence-electron chi connectivity index (χ0n) is 15.7. The number of oxime groups is 1. The molecule has 0 radical (unpaired) electrons. The Morgan fingerprint density at radius 1 is 0.968 bits per heavy atom. The summed E-state index contributed by atoms with van der Waals surface area (Å²) in [6.45, 7) is 3.61. The zero-order valence-corrected chi connectivity index (χ0v) is 15.7. The summed E-state index contributed by atoms with van der Waals surface area (Å²) in [6, 6.07) is 7.67. The smallest absolute Gasteiger partial charge is 0.416 e. The Balaban J connectivity index is 2.56. The number of benzene rings is 3. The van der Waals surface area contributed by atoms with Crippen LogP contribution in [0.25, 0.3) is 28.3 Å². The molecule has 0 heterocycles. The van der Waals surface area contributed by atoms with Crippen LogP contribution in [-0.2, 0) is 6.18 Å². The van der Waals surface area contributed by atoms with Crippen molar-refractivity contribution in [1.29, 1.82) is 0 Å². The van der Waals surface area contributed by atoms with E-state index in [-0.39, 0.29) is 22.3 Å². The Kier molecular flexibility index (Phi) is 5.70. The van der Waals surface area contributed by atoms with E-state index in [0.29, 0.717) is 17.7 Å². The molecule has 0 aliphatic rings. The summed E-state index contributed by atoms with van der Waals surface area (Å²) in [6.07, 6.45) is -3.52. The maximum absolute atomic E-state index is 14.7. The molecule has 160 valence electrons. The number of amidine groups is 1. The van der Waals surface area contributed by atoms with Crippen molar-refractivity contribution in [2.75, 3.05) is 0 Å². The number of alkyl halides is 3. The molecule has 0 aliphatic heterocycles. The second-order valence-corrected chi connectivity index (χ2v) is 6.53. The fourth-order valence-electron chi connectivity index (χ4n) is 3.21. The number of hydrogen-bond donors (Lipinski definition) is 3. The van der Waals surface area contributed by atoms with E-state index in [4.69, 9.17) is 10.9 Å². The minimum absolute atomic E-state index is 0.0489. The molecule has 0 saturated carbocycles. The highest BCUT2D eigenvalue weighted by Gasteiger charge is 2.34. The lowest BCUT2D eigenvalue weighted by Gasteiger charge is -2.20. The predicted octanol–water partition coefficient (Wildman–Crippen LogP) is 5.76. The molecule has 0 fully saturated rings. The summed E-state index contributed by atoms with van der Waals surface area (Å²) in [7, 11) is 0. The molecule has 3 aromatic rings. The van der Waals surface area contributed by atoms with Crippen molar-refractivity contribution in [3.63, 3.8) is 0 Å². The fraction of sp³-hybridized carbons (Fsp3) is 0.0455. The van der Waals surface area contributed by atoms with E-state index in [2.05, 4.69) is 11.7 Å². The van der Waals surface area contributed by atoms with Crippen molar-refractivity contribution in [3.05, 3.63) is 83.4 Å². The molecule has 0 bridgehead atoms.